The van der Waals surface area contributed by atoms with Crippen molar-refractivity contribution in [3.05, 3.63) is 35.2 Å². The summed E-state index contributed by atoms with van der Waals surface area (Å²) in [6.45, 7) is 1.45. The third kappa shape index (κ3) is 3.11. The summed E-state index contributed by atoms with van der Waals surface area (Å²) < 4.78 is 1.15. The van der Waals surface area contributed by atoms with E-state index < -0.39 is 12.2 Å². The lowest BCUT2D eigenvalue weighted by atomic mass is 10.0. The molecule has 0 aliphatic carbocycles. The monoisotopic (exact) mass is 282 g/mol. The van der Waals surface area contributed by atoms with E-state index in [0.717, 1.165) is 21.8 Å². The molecule has 0 amide bonds. The van der Waals surface area contributed by atoms with Crippen LogP contribution >= 0.6 is 23.1 Å². The maximum atomic E-state index is 10.8. The van der Waals surface area contributed by atoms with E-state index in [1.54, 1.807) is 11.3 Å². The molecule has 18 heavy (non-hydrogen) atoms. The lowest BCUT2D eigenvalue weighted by molar-refractivity contribution is -0.109. The van der Waals surface area contributed by atoms with Gasteiger partial charge in [-0.3, -0.25) is 4.79 Å². The molecule has 2 unspecified atom stereocenters. The van der Waals surface area contributed by atoms with Crippen LogP contribution in [-0.4, -0.2) is 27.2 Å². The van der Waals surface area contributed by atoms with Crippen LogP contribution in [0.15, 0.2) is 29.6 Å². The van der Waals surface area contributed by atoms with Crippen molar-refractivity contribution in [2.75, 3.05) is 5.75 Å². The van der Waals surface area contributed by atoms with Crippen molar-refractivity contribution in [2.24, 2.45) is 0 Å². The Morgan fingerprint density at radius 3 is 2.89 bits per heavy atom. The second-order valence-corrected chi connectivity index (χ2v) is 6.18. The average Bonchev–Trinajstić information content (AvgIpc) is 2.81. The summed E-state index contributed by atoms with van der Waals surface area (Å²) in [6.07, 6.45) is -1.89. The minimum atomic E-state index is -0.957. The molecule has 3 nitrogen and oxygen atoms in total. The van der Waals surface area contributed by atoms with Crippen LogP contribution in [0.2, 0.25) is 0 Å². The Balaban J connectivity index is 2.11. The topological polar surface area (TPSA) is 57.5 Å². The quantitative estimate of drug-likeness (QED) is 0.905. The predicted octanol–water partition coefficient (Wildman–Crippen LogP) is 2.58. The molecule has 5 heteroatoms. The van der Waals surface area contributed by atoms with Gasteiger partial charge in [-0.25, -0.2) is 0 Å². The van der Waals surface area contributed by atoms with Crippen molar-refractivity contribution >= 4 is 38.3 Å². The van der Waals surface area contributed by atoms with E-state index in [-0.39, 0.29) is 10.9 Å². The van der Waals surface area contributed by atoms with E-state index in [9.17, 15) is 15.0 Å². The Morgan fingerprint density at radius 2 is 2.17 bits per heavy atom. The number of thioether (sulfide) groups is 1. The fourth-order valence-corrected chi connectivity index (χ4v) is 3.04. The first-order valence-corrected chi connectivity index (χ1v) is 7.41. The minimum absolute atomic E-state index is 0.0606. The van der Waals surface area contributed by atoms with Crippen LogP contribution in [0.1, 0.15) is 18.6 Å². The summed E-state index contributed by atoms with van der Waals surface area (Å²) in [5.74, 6) is 0.207. The van der Waals surface area contributed by atoms with Crippen molar-refractivity contribution in [1.29, 1.82) is 0 Å². The molecule has 96 valence electrons. The largest absolute Gasteiger partial charge is 0.389 e. The zero-order valence-corrected chi connectivity index (χ0v) is 11.5. The Hall–Kier alpha value is -0.880. The third-order valence-corrected chi connectivity index (χ3v) is 4.45. The SMILES string of the molecule is CC(=O)SCC(O)C(O)c1ccc2sccc2c1. The zero-order valence-electron chi connectivity index (χ0n) is 9.87. The highest BCUT2D eigenvalue weighted by Gasteiger charge is 2.19. The molecule has 1 aromatic heterocycles. The molecule has 0 saturated heterocycles. The molecule has 2 N–H and O–H groups in total. The van der Waals surface area contributed by atoms with Gasteiger partial charge in [0.2, 0.25) is 0 Å². The third-order valence-electron chi connectivity index (χ3n) is 2.64. The van der Waals surface area contributed by atoms with Gasteiger partial charge in [-0.1, -0.05) is 17.8 Å². The van der Waals surface area contributed by atoms with Gasteiger partial charge in [0.25, 0.3) is 0 Å². The Kier molecular flexibility index (Phi) is 4.40. The smallest absolute Gasteiger partial charge is 0.185 e. The van der Waals surface area contributed by atoms with Crippen LogP contribution in [0.5, 0.6) is 0 Å². The van der Waals surface area contributed by atoms with Gasteiger partial charge in [0.1, 0.15) is 6.10 Å². The first-order chi connectivity index (χ1) is 8.58. The van der Waals surface area contributed by atoms with E-state index in [0.29, 0.717) is 5.56 Å². The number of fused-ring (bicyclic) bond motifs is 1. The zero-order chi connectivity index (χ0) is 13.1. The fourth-order valence-electron chi connectivity index (χ4n) is 1.69. The van der Waals surface area contributed by atoms with Gasteiger partial charge >= 0.3 is 0 Å². The van der Waals surface area contributed by atoms with Crippen molar-refractivity contribution in [1.82, 2.24) is 0 Å². The molecule has 2 atom stereocenters. The van der Waals surface area contributed by atoms with E-state index in [4.69, 9.17) is 0 Å². The number of hydrogen-bond acceptors (Lipinski definition) is 5. The minimum Gasteiger partial charge on any atom is -0.389 e. The van der Waals surface area contributed by atoms with Crippen molar-refractivity contribution < 1.29 is 15.0 Å². The number of hydrogen-bond donors (Lipinski definition) is 2. The average molecular weight is 282 g/mol. The van der Waals surface area contributed by atoms with Crippen molar-refractivity contribution in [3.8, 4) is 0 Å². The van der Waals surface area contributed by atoms with Crippen molar-refractivity contribution in [3.63, 3.8) is 0 Å². The van der Waals surface area contributed by atoms with Gasteiger partial charge in [-0.2, -0.15) is 0 Å². The highest BCUT2D eigenvalue weighted by atomic mass is 32.2. The first-order valence-electron chi connectivity index (χ1n) is 5.54. The van der Waals surface area contributed by atoms with E-state index in [1.807, 2.05) is 29.6 Å². The highest BCUT2D eigenvalue weighted by Crippen LogP contribution is 2.26. The number of aliphatic hydroxyl groups excluding tert-OH is 2. The highest BCUT2D eigenvalue weighted by molar-refractivity contribution is 8.13. The van der Waals surface area contributed by atoms with Crippen LogP contribution in [-0.2, 0) is 4.79 Å². The normalized spacial score (nSPS) is 14.6. The maximum Gasteiger partial charge on any atom is 0.185 e. The molecule has 1 aromatic carbocycles. The molecular weight excluding hydrogens is 268 g/mol. The second kappa shape index (κ2) is 5.84. The van der Waals surface area contributed by atoms with Crippen LogP contribution in [0.25, 0.3) is 10.1 Å². The summed E-state index contributed by atoms with van der Waals surface area (Å²) in [7, 11) is 0. The number of aliphatic hydroxyl groups is 2. The first kappa shape index (κ1) is 13.5. The van der Waals surface area contributed by atoms with Crippen LogP contribution in [0.4, 0.5) is 0 Å². The molecular formula is C13H14O3S2. The van der Waals surface area contributed by atoms with E-state index in [2.05, 4.69) is 0 Å². The number of carbonyl (C=O) groups is 1. The molecule has 0 saturated carbocycles. The molecule has 0 bridgehead atoms. The van der Waals surface area contributed by atoms with Gasteiger partial charge in [0.05, 0.1) is 6.10 Å². The van der Waals surface area contributed by atoms with Gasteiger partial charge < -0.3 is 10.2 Å². The number of rotatable bonds is 4. The van der Waals surface area contributed by atoms with Gasteiger partial charge in [0.15, 0.2) is 5.12 Å². The molecule has 2 aromatic rings. The number of benzene rings is 1. The Morgan fingerprint density at radius 1 is 1.39 bits per heavy atom. The van der Waals surface area contributed by atoms with Crippen molar-refractivity contribution in [2.45, 2.75) is 19.1 Å². The maximum absolute atomic E-state index is 10.8. The summed E-state index contributed by atoms with van der Waals surface area (Å²) in [5.41, 5.74) is 0.678. The van der Waals surface area contributed by atoms with E-state index >= 15 is 0 Å². The predicted molar refractivity (Wildman–Crippen MR) is 75.9 cm³/mol. The molecule has 0 spiro atoms. The molecule has 0 aliphatic heterocycles. The fraction of sp³-hybridized carbons (Fsp3) is 0.308. The molecule has 0 aliphatic rings. The molecule has 2 rings (SSSR count). The summed E-state index contributed by atoms with van der Waals surface area (Å²) in [5, 5.41) is 22.8. The van der Waals surface area contributed by atoms with Crippen LogP contribution < -0.4 is 0 Å². The van der Waals surface area contributed by atoms with Crippen LogP contribution in [0, 0.1) is 0 Å². The lowest BCUT2D eigenvalue weighted by Gasteiger charge is -2.17. The molecule has 0 radical (unpaired) electrons. The number of thiophene rings is 1. The Bertz CT molecular complexity index is 550. The summed E-state index contributed by atoms with van der Waals surface area (Å²) in [6, 6.07) is 7.60. The van der Waals surface area contributed by atoms with E-state index in [1.165, 1.54) is 6.92 Å². The van der Waals surface area contributed by atoms with Crippen LogP contribution in [0.3, 0.4) is 0 Å². The van der Waals surface area contributed by atoms with Gasteiger partial charge in [-0.05, 0) is 34.5 Å². The number of carbonyl (C=O) groups excluding carboxylic acids is 1. The van der Waals surface area contributed by atoms with Gasteiger partial charge in [0, 0.05) is 17.4 Å². The molecule has 0 fully saturated rings. The second-order valence-electron chi connectivity index (χ2n) is 4.03. The summed E-state index contributed by atoms with van der Waals surface area (Å²) >= 11 is 2.66. The molecule has 1 heterocycles. The summed E-state index contributed by atoms with van der Waals surface area (Å²) in [4.78, 5) is 10.8. The van der Waals surface area contributed by atoms with Gasteiger partial charge in [-0.15, -0.1) is 11.3 Å². The Labute approximate surface area is 113 Å². The lowest BCUT2D eigenvalue weighted by Crippen LogP contribution is -2.21. The standard InChI is InChI=1S/C13H14O3S2/c1-8(14)18-7-11(15)13(16)10-2-3-12-9(6-10)4-5-17-12/h2-6,11,13,15-16H,7H2,1H3.